The van der Waals surface area contributed by atoms with Gasteiger partial charge in [-0.15, -0.1) is 0 Å². The summed E-state index contributed by atoms with van der Waals surface area (Å²) >= 11 is 9.58. The molecule has 1 fully saturated rings. The summed E-state index contributed by atoms with van der Waals surface area (Å²) in [6.45, 7) is 3.28. The molecule has 1 unspecified atom stereocenters. The lowest BCUT2D eigenvalue weighted by molar-refractivity contribution is 0.479. The maximum absolute atomic E-state index is 5.97. The van der Waals surface area contributed by atoms with Gasteiger partial charge in [-0.05, 0) is 49.4 Å². The van der Waals surface area contributed by atoms with Crippen LogP contribution in [-0.4, -0.2) is 6.54 Å². The number of hydrogen-bond donors (Lipinski definition) is 1. The van der Waals surface area contributed by atoms with Crippen LogP contribution in [0.3, 0.4) is 0 Å². The van der Waals surface area contributed by atoms with E-state index in [0.717, 1.165) is 22.0 Å². The second-order valence-electron chi connectivity index (χ2n) is 4.44. The van der Waals surface area contributed by atoms with E-state index in [1.165, 1.54) is 24.8 Å². The molecule has 1 nitrogen and oxygen atoms in total. The molecular weight excluding hydrogens is 286 g/mol. The predicted octanol–water partition coefficient (Wildman–Crippen LogP) is 4.55. The minimum atomic E-state index is 0.492. The van der Waals surface area contributed by atoms with E-state index in [2.05, 4.69) is 34.2 Å². The Balaban J connectivity index is 2.17. The zero-order valence-corrected chi connectivity index (χ0v) is 11.8. The molecule has 1 N–H and O–H groups in total. The van der Waals surface area contributed by atoms with Crippen LogP contribution in [-0.2, 0) is 0 Å². The van der Waals surface area contributed by atoms with Crippen molar-refractivity contribution in [3.63, 3.8) is 0 Å². The average Bonchev–Trinajstić information content (AvgIpc) is 3.05. The van der Waals surface area contributed by atoms with Crippen LogP contribution < -0.4 is 5.32 Å². The quantitative estimate of drug-likeness (QED) is 0.841. The van der Waals surface area contributed by atoms with Crippen molar-refractivity contribution in [1.82, 2.24) is 5.32 Å². The monoisotopic (exact) mass is 301 g/mol. The Labute approximate surface area is 111 Å². The molecule has 0 bridgehead atoms. The van der Waals surface area contributed by atoms with Crippen LogP contribution in [0.1, 0.15) is 37.8 Å². The molecule has 1 saturated carbocycles. The summed E-state index contributed by atoms with van der Waals surface area (Å²) in [5.41, 5.74) is 1.35. The average molecular weight is 303 g/mol. The molecule has 0 amide bonds. The first-order valence-electron chi connectivity index (χ1n) is 5.90. The molecule has 1 aliphatic carbocycles. The second kappa shape index (κ2) is 5.52. The fourth-order valence-electron chi connectivity index (χ4n) is 2.01. The summed E-state index contributed by atoms with van der Waals surface area (Å²) in [6.07, 6.45) is 3.86. The van der Waals surface area contributed by atoms with E-state index in [9.17, 15) is 0 Å². The molecule has 0 heterocycles. The van der Waals surface area contributed by atoms with Crippen LogP contribution in [0.4, 0.5) is 0 Å². The van der Waals surface area contributed by atoms with Gasteiger partial charge < -0.3 is 5.32 Å². The second-order valence-corrected chi connectivity index (χ2v) is 5.73. The lowest BCUT2D eigenvalue weighted by Crippen LogP contribution is -2.24. The van der Waals surface area contributed by atoms with Gasteiger partial charge in [0.05, 0.1) is 0 Å². The molecule has 0 aromatic heterocycles. The van der Waals surface area contributed by atoms with Crippen molar-refractivity contribution in [2.45, 2.75) is 32.2 Å². The smallest absolute Gasteiger partial charge is 0.0417 e. The highest BCUT2D eigenvalue weighted by molar-refractivity contribution is 9.10. The van der Waals surface area contributed by atoms with Crippen molar-refractivity contribution < 1.29 is 0 Å². The van der Waals surface area contributed by atoms with E-state index in [-0.39, 0.29) is 0 Å². The maximum Gasteiger partial charge on any atom is 0.0417 e. The summed E-state index contributed by atoms with van der Waals surface area (Å²) in [5, 5.41) is 4.43. The molecule has 1 atom stereocenters. The molecule has 88 valence electrons. The zero-order chi connectivity index (χ0) is 11.5. The summed E-state index contributed by atoms with van der Waals surface area (Å²) in [7, 11) is 0. The molecule has 1 aliphatic rings. The topological polar surface area (TPSA) is 12.0 Å². The number of nitrogens with one attached hydrogen (secondary N) is 1. The van der Waals surface area contributed by atoms with Crippen LogP contribution in [0, 0.1) is 5.92 Å². The van der Waals surface area contributed by atoms with Crippen molar-refractivity contribution in [2.75, 3.05) is 6.54 Å². The molecule has 0 aliphatic heterocycles. The van der Waals surface area contributed by atoms with Gasteiger partial charge in [0.2, 0.25) is 0 Å². The largest absolute Gasteiger partial charge is 0.310 e. The molecule has 0 spiro atoms. The number of hydrogen-bond acceptors (Lipinski definition) is 1. The van der Waals surface area contributed by atoms with Gasteiger partial charge in [0.1, 0.15) is 0 Å². The van der Waals surface area contributed by atoms with E-state index >= 15 is 0 Å². The maximum atomic E-state index is 5.97. The third kappa shape index (κ3) is 2.99. The van der Waals surface area contributed by atoms with E-state index in [1.54, 1.807) is 0 Å². The number of benzene rings is 1. The fourth-order valence-corrected chi connectivity index (χ4v) is 2.94. The lowest BCUT2D eigenvalue weighted by atomic mass is 10.0. The van der Waals surface area contributed by atoms with E-state index in [4.69, 9.17) is 11.6 Å². The third-order valence-electron chi connectivity index (χ3n) is 3.01. The van der Waals surface area contributed by atoms with Crippen molar-refractivity contribution in [2.24, 2.45) is 5.92 Å². The Hall–Kier alpha value is -0.0500. The fraction of sp³-hybridized carbons (Fsp3) is 0.538. The zero-order valence-electron chi connectivity index (χ0n) is 9.47. The highest BCUT2D eigenvalue weighted by atomic mass is 79.9. The van der Waals surface area contributed by atoms with Crippen LogP contribution in [0.15, 0.2) is 22.7 Å². The highest BCUT2D eigenvalue weighted by Gasteiger charge is 2.32. The van der Waals surface area contributed by atoms with E-state index in [0.29, 0.717) is 6.04 Å². The van der Waals surface area contributed by atoms with Crippen LogP contribution in [0.25, 0.3) is 0 Å². The first-order chi connectivity index (χ1) is 7.72. The van der Waals surface area contributed by atoms with Crippen molar-refractivity contribution >= 4 is 27.5 Å². The van der Waals surface area contributed by atoms with Gasteiger partial charge in [-0.2, -0.15) is 0 Å². The molecule has 16 heavy (non-hydrogen) atoms. The third-order valence-corrected chi connectivity index (χ3v) is 3.93. The number of rotatable bonds is 5. The molecule has 0 saturated heterocycles. The summed E-state index contributed by atoms with van der Waals surface area (Å²) in [5.74, 6) is 0.809. The molecule has 1 aromatic carbocycles. The van der Waals surface area contributed by atoms with Crippen molar-refractivity contribution in [1.29, 1.82) is 0 Å². The lowest BCUT2D eigenvalue weighted by Gasteiger charge is -2.20. The van der Waals surface area contributed by atoms with E-state index in [1.807, 2.05) is 12.1 Å². The molecular formula is C13H17BrClN. The van der Waals surface area contributed by atoms with E-state index < -0.39 is 0 Å². The standard InChI is InChI=1S/C13H17BrClN/c1-2-7-16-13(9-3-4-9)11-6-5-10(15)8-12(11)14/h5-6,8-9,13,16H,2-4,7H2,1H3. The Kier molecular flexibility index (Phi) is 4.28. The molecule has 1 aromatic rings. The first-order valence-corrected chi connectivity index (χ1v) is 7.07. The molecule has 2 rings (SSSR count). The van der Waals surface area contributed by atoms with Gasteiger partial charge in [0.15, 0.2) is 0 Å². The van der Waals surface area contributed by atoms with Gasteiger partial charge >= 0.3 is 0 Å². The minimum Gasteiger partial charge on any atom is -0.310 e. The van der Waals surface area contributed by atoms with Gasteiger partial charge in [0, 0.05) is 15.5 Å². The Morgan fingerprint density at radius 1 is 1.50 bits per heavy atom. The van der Waals surface area contributed by atoms with Gasteiger partial charge in [-0.3, -0.25) is 0 Å². The summed E-state index contributed by atoms with van der Waals surface area (Å²) < 4.78 is 1.13. The van der Waals surface area contributed by atoms with Crippen LogP contribution >= 0.6 is 27.5 Å². The SMILES string of the molecule is CCCNC(c1ccc(Cl)cc1Br)C1CC1. The number of halogens is 2. The first kappa shape index (κ1) is 12.4. The van der Waals surface area contributed by atoms with Gasteiger partial charge in [0.25, 0.3) is 0 Å². The van der Waals surface area contributed by atoms with Gasteiger partial charge in [-0.25, -0.2) is 0 Å². The Bertz CT molecular complexity index is 363. The summed E-state index contributed by atoms with van der Waals surface area (Å²) in [6, 6.07) is 6.59. The van der Waals surface area contributed by atoms with Crippen molar-refractivity contribution in [3.05, 3.63) is 33.3 Å². The molecule has 3 heteroatoms. The Morgan fingerprint density at radius 3 is 2.81 bits per heavy atom. The normalized spacial score (nSPS) is 17.4. The van der Waals surface area contributed by atoms with Crippen molar-refractivity contribution in [3.8, 4) is 0 Å². The van der Waals surface area contributed by atoms with Gasteiger partial charge in [-0.1, -0.05) is 40.5 Å². The van der Waals surface area contributed by atoms with Crippen LogP contribution in [0.2, 0.25) is 5.02 Å². The van der Waals surface area contributed by atoms with Crippen LogP contribution in [0.5, 0.6) is 0 Å². The summed E-state index contributed by atoms with van der Waals surface area (Å²) in [4.78, 5) is 0. The predicted molar refractivity (Wildman–Crippen MR) is 72.9 cm³/mol. The minimum absolute atomic E-state index is 0.492. The Morgan fingerprint density at radius 2 is 2.25 bits per heavy atom. The highest BCUT2D eigenvalue weighted by Crippen LogP contribution is 2.43. The molecule has 0 radical (unpaired) electrons.